The number of nitro benzene ring substituents is 1. The van der Waals surface area contributed by atoms with Gasteiger partial charge in [-0.25, -0.2) is 9.59 Å². The Labute approximate surface area is 309 Å². The zero-order valence-electron chi connectivity index (χ0n) is 30.1. The van der Waals surface area contributed by atoms with Gasteiger partial charge < -0.3 is 47.9 Å². The minimum atomic E-state index is -1.05. The van der Waals surface area contributed by atoms with Gasteiger partial charge in [0.2, 0.25) is 6.79 Å². The van der Waals surface area contributed by atoms with Gasteiger partial charge in [-0.2, -0.15) is 0 Å². The van der Waals surface area contributed by atoms with Crippen LogP contribution >= 0.6 is 0 Å². The van der Waals surface area contributed by atoms with Gasteiger partial charge in [-0.3, -0.25) is 14.9 Å². The molecule has 16 heteroatoms. The van der Waals surface area contributed by atoms with Crippen LogP contribution in [0.5, 0.6) is 28.7 Å². The maximum absolute atomic E-state index is 13.8. The van der Waals surface area contributed by atoms with E-state index in [0.717, 1.165) is 0 Å². The summed E-state index contributed by atoms with van der Waals surface area (Å²) in [4.78, 5) is 51.5. The number of carbonyl (C=O) groups is 3. The van der Waals surface area contributed by atoms with Crippen LogP contribution < -0.4 is 29.0 Å². The van der Waals surface area contributed by atoms with Crippen molar-refractivity contribution < 1.29 is 61.9 Å². The monoisotopic (exact) mass is 746 g/mol. The topological polar surface area (TPSA) is 189 Å². The third-order valence-corrected chi connectivity index (χ3v) is 8.16. The molecule has 1 N–H and O–H groups in total. The van der Waals surface area contributed by atoms with Gasteiger partial charge in [0, 0.05) is 49.9 Å². The van der Waals surface area contributed by atoms with Gasteiger partial charge in [0.25, 0.3) is 5.69 Å². The molecule has 1 atom stereocenters. The summed E-state index contributed by atoms with van der Waals surface area (Å²) in [5.41, 5.74) is 1.68. The molecule has 2 heterocycles. The molecule has 0 radical (unpaired) electrons. The minimum absolute atomic E-state index is 0.0317. The predicted molar refractivity (Wildman–Crippen MR) is 190 cm³/mol. The van der Waals surface area contributed by atoms with Crippen molar-refractivity contribution in [2.75, 3.05) is 54.9 Å². The van der Waals surface area contributed by atoms with Crippen molar-refractivity contribution in [3.8, 4) is 28.7 Å². The van der Waals surface area contributed by atoms with Gasteiger partial charge in [-0.05, 0) is 43.2 Å². The van der Waals surface area contributed by atoms with E-state index in [9.17, 15) is 24.5 Å². The molecule has 2 aliphatic rings. The molecule has 0 bridgehead atoms. The molecule has 54 heavy (non-hydrogen) atoms. The molecule has 5 rings (SSSR count). The number of ketones is 1. The lowest BCUT2D eigenvalue weighted by Crippen LogP contribution is -2.32. The van der Waals surface area contributed by atoms with E-state index in [0.29, 0.717) is 34.0 Å². The van der Waals surface area contributed by atoms with E-state index < -0.39 is 28.6 Å². The van der Waals surface area contributed by atoms with Gasteiger partial charge in [0.1, 0.15) is 36.0 Å². The van der Waals surface area contributed by atoms with E-state index in [1.807, 2.05) is 0 Å². The third kappa shape index (κ3) is 8.97. The van der Waals surface area contributed by atoms with E-state index in [1.54, 1.807) is 44.2 Å². The number of rotatable bonds is 17. The maximum Gasteiger partial charge on any atom is 0.336 e. The molecule has 0 saturated carbocycles. The van der Waals surface area contributed by atoms with Crippen molar-refractivity contribution in [3.63, 3.8) is 0 Å². The Morgan fingerprint density at radius 1 is 0.852 bits per heavy atom. The fourth-order valence-electron chi connectivity index (χ4n) is 5.80. The number of non-ortho nitro benzene ring substituents is 1. The summed E-state index contributed by atoms with van der Waals surface area (Å²) in [6, 6.07) is 13.8. The summed E-state index contributed by atoms with van der Waals surface area (Å²) in [6.45, 7) is 2.49. The van der Waals surface area contributed by atoms with Gasteiger partial charge in [-0.15, -0.1) is 0 Å². The number of fused-ring (bicyclic) bond motifs is 1. The Bertz CT molecular complexity index is 2020. The van der Waals surface area contributed by atoms with Gasteiger partial charge in [0.05, 0.1) is 29.1 Å². The zero-order valence-corrected chi connectivity index (χ0v) is 30.1. The van der Waals surface area contributed by atoms with E-state index in [-0.39, 0.29) is 73.2 Å². The zero-order chi connectivity index (χ0) is 38.8. The highest BCUT2D eigenvalue weighted by Crippen LogP contribution is 2.41. The molecule has 2 aliphatic heterocycles. The summed E-state index contributed by atoms with van der Waals surface area (Å²) in [5.74, 6) is -1.58. The van der Waals surface area contributed by atoms with Crippen molar-refractivity contribution in [2.45, 2.75) is 19.8 Å². The number of nitrogens with one attached hydrogen (secondary N) is 1. The average molecular weight is 747 g/mol. The van der Waals surface area contributed by atoms with Crippen LogP contribution in [0.15, 0.2) is 83.2 Å². The number of benzene rings is 3. The largest absolute Gasteiger partial charge is 0.489 e. The average Bonchev–Trinajstić information content (AvgIpc) is 3.64. The highest BCUT2D eigenvalue weighted by atomic mass is 16.7. The highest BCUT2D eigenvalue weighted by Gasteiger charge is 2.38. The number of hydrogen-bond donors (Lipinski definition) is 1. The lowest BCUT2D eigenvalue weighted by molar-refractivity contribution is -0.384. The summed E-state index contributed by atoms with van der Waals surface area (Å²) < 4.78 is 49.0. The fourth-order valence-corrected chi connectivity index (χ4v) is 5.80. The Morgan fingerprint density at radius 3 is 2.24 bits per heavy atom. The summed E-state index contributed by atoms with van der Waals surface area (Å²) in [6.07, 6.45) is 2.93. The van der Waals surface area contributed by atoms with Crippen LogP contribution in [0.25, 0.3) is 6.08 Å². The summed E-state index contributed by atoms with van der Waals surface area (Å²) >= 11 is 0. The smallest absolute Gasteiger partial charge is 0.336 e. The van der Waals surface area contributed by atoms with Crippen LogP contribution in [0, 0.1) is 10.1 Å². The molecule has 3 aromatic carbocycles. The summed E-state index contributed by atoms with van der Waals surface area (Å²) in [7, 11) is 4.06. The highest BCUT2D eigenvalue weighted by molar-refractivity contribution is 6.10. The van der Waals surface area contributed by atoms with Crippen molar-refractivity contribution >= 4 is 29.5 Å². The van der Waals surface area contributed by atoms with Crippen LogP contribution in [-0.2, 0) is 28.5 Å². The van der Waals surface area contributed by atoms with Crippen LogP contribution in [0.1, 0.15) is 41.3 Å². The minimum Gasteiger partial charge on any atom is -0.489 e. The number of carbonyl (C=O) groups excluding carboxylic acids is 3. The fraction of sp³-hybridized carbons (Fsp3) is 0.289. The summed E-state index contributed by atoms with van der Waals surface area (Å²) in [5, 5.41) is 14.6. The first-order chi connectivity index (χ1) is 26.1. The first-order valence-electron chi connectivity index (χ1n) is 16.4. The molecule has 284 valence electrons. The number of allylic oxidation sites excluding steroid dienone is 3. The SMILES string of the molecule is COCOc1cc(OCCOC(=O)C2=C(C)NC(C)=C(C(=O)OC)C2c2cccc([N+](=O)[O-])c2)c(C(=O)/C=C/c2ccc3c(c2)OCO3)c(OCOC)c1. The first-order valence-corrected chi connectivity index (χ1v) is 16.4. The van der Waals surface area contributed by atoms with Crippen molar-refractivity contribution in [3.05, 3.63) is 110 Å². The van der Waals surface area contributed by atoms with E-state index in [2.05, 4.69) is 5.32 Å². The van der Waals surface area contributed by atoms with Crippen LogP contribution in [0.3, 0.4) is 0 Å². The number of nitrogens with zero attached hydrogens (tertiary/aromatic N) is 1. The molecule has 0 aliphatic carbocycles. The molecule has 1 unspecified atom stereocenters. The van der Waals surface area contributed by atoms with Crippen molar-refractivity contribution in [1.29, 1.82) is 0 Å². The maximum atomic E-state index is 13.8. The Morgan fingerprint density at radius 2 is 1.54 bits per heavy atom. The van der Waals surface area contributed by atoms with Gasteiger partial charge >= 0.3 is 11.9 Å². The molecule has 3 aromatic rings. The molecule has 0 fully saturated rings. The van der Waals surface area contributed by atoms with Gasteiger partial charge in [0.15, 0.2) is 30.9 Å². The van der Waals surface area contributed by atoms with E-state index >= 15 is 0 Å². The van der Waals surface area contributed by atoms with Crippen molar-refractivity contribution in [1.82, 2.24) is 5.32 Å². The van der Waals surface area contributed by atoms with Crippen LogP contribution in [0.2, 0.25) is 0 Å². The number of hydrogen-bond acceptors (Lipinski definition) is 15. The number of esters is 2. The molecular formula is C38H38N2O14. The Kier molecular flexibility index (Phi) is 12.9. The second-order valence-corrected chi connectivity index (χ2v) is 11.7. The molecular weight excluding hydrogens is 708 g/mol. The molecule has 0 amide bonds. The second kappa shape index (κ2) is 17.9. The third-order valence-electron chi connectivity index (χ3n) is 8.16. The van der Waals surface area contributed by atoms with Crippen molar-refractivity contribution in [2.24, 2.45) is 0 Å². The van der Waals surface area contributed by atoms with E-state index in [4.69, 9.17) is 42.6 Å². The Balaban J connectivity index is 1.39. The normalized spacial score (nSPS) is 14.8. The molecule has 0 spiro atoms. The van der Waals surface area contributed by atoms with Crippen LogP contribution in [-0.4, -0.2) is 77.6 Å². The lowest BCUT2D eigenvalue weighted by Gasteiger charge is -2.30. The number of methoxy groups -OCH3 is 3. The first kappa shape index (κ1) is 38.8. The number of ether oxygens (including phenoxy) is 9. The standard InChI is InChI=1S/C38H38N2O14/c1-22-33(37(42)48-5)35(25-7-6-8-26(16-25)40(44)45)34(23(2)39-22)38(43)50-14-13-49-31-17-27(51-19-46-3)18-32(52-20-47-4)36(31)28(41)11-9-24-10-12-29-30(15-24)54-21-53-29/h6-12,15-18,35,39H,13-14,19-21H2,1-5H3/b11-9+. The van der Waals surface area contributed by atoms with E-state index in [1.165, 1.54) is 57.7 Å². The molecule has 0 saturated heterocycles. The van der Waals surface area contributed by atoms with Gasteiger partial charge in [-0.1, -0.05) is 24.3 Å². The number of nitro groups is 1. The lowest BCUT2D eigenvalue weighted by atomic mass is 9.80. The molecule has 16 nitrogen and oxygen atoms in total. The predicted octanol–water partition coefficient (Wildman–Crippen LogP) is 5.22. The second-order valence-electron chi connectivity index (χ2n) is 11.7. The Hall–Kier alpha value is -6.39. The quantitative estimate of drug-likeness (QED) is 0.0360. The number of dihydropyridines is 1. The molecule has 0 aromatic heterocycles. The van der Waals surface area contributed by atoms with Crippen LogP contribution in [0.4, 0.5) is 5.69 Å².